The van der Waals surface area contributed by atoms with Crippen molar-refractivity contribution in [3.05, 3.63) is 68.6 Å². The van der Waals surface area contributed by atoms with E-state index in [2.05, 4.69) is 16.4 Å². The van der Waals surface area contributed by atoms with E-state index in [4.69, 9.17) is 0 Å². The minimum atomic E-state index is -0.357. The molecule has 1 amide bonds. The van der Waals surface area contributed by atoms with Gasteiger partial charge in [0.2, 0.25) is 0 Å². The fourth-order valence-electron chi connectivity index (χ4n) is 2.33. The molecular weight excluding hydrogens is 264 g/mol. The van der Waals surface area contributed by atoms with Gasteiger partial charge in [-0.1, -0.05) is 23.8 Å². The Morgan fingerprint density at radius 1 is 1.19 bits per heavy atom. The summed E-state index contributed by atoms with van der Waals surface area (Å²) in [4.78, 5) is 27.0. The van der Waals surface area contributed by atoms with Crippen LogP contribution in [0.5, 0.6) is 0 Å². The highest BCUT2D eigenvalue weighted by atomic mass is 16.2. The molecule has 0 spiro atoms. The second-order valence-electron chi connectivity index (χ2n) is 5.45. The Labute approximate surface area is 124 Å². The van der Waals surface area contributed by atoms with Gasteiger partial charge >= 0.3 is 0 Å². The van der Waals surface area contributed by atoms with Crippen LogP contribution in [0.3, 0.4) is 0 Å². The normalized spacial score (nSPS) is 12.0. The first-order valence-electron chi connectivity index (χ1n) is 6.96. The van der Waals surface area contributed by atoms with E-state index in [-0.39, 0.29) is 22.9 Å². The number of aryl methyl sites for hydroxylation is 3. The van der Waals surface area contributed by atoms with E-state index in [1.807, 2.05) is 32.9 Å². The maximum absolute atomic E-state index is 12.2. The molecule has 4 nitrogen and oxygen atoms in total. The molecule has 1 unspecified atom stereocenters. The first-order valence-corrected chi connectivity index (χ1v) is 6.96. The zero-order valence-corrected chi connectivity index (χ0v) is 12.8. The average Bonchev–Trinajstić information content (AvgIpc) is 2.41. The van der Waals surface area contributed by atoms with Crippen LogP contribution in [0, 0.1) is 20.8 Å². The Hall–Kier alpha value is -2.36. The number of nitrogens with one attached hydrogen (secondary N) is 2. The summed E-state index contributed by atoms with van der Waals surface area (Å²) in [5, 5.41) is 2.88. The van der Waals surface area contributed by atoms with Gasteiger partial charge < -0.3 is 10.3 Å². The number of carbonyl (C=O) groups excluding carboxylic acids is 1. The Morgan fingerprint density at radius 3 is 2.57 bits per heavy atom. The molecule has 0 bridgehead atoms. The molecule has 110 valence electrons. The molecule has 0 aliphatic rings. The summed E-state index contributed by atoms with van der Waals surface area (Å²) in [7, 11) is 0. The van der Waals surface area contributed by atoms with E-state index in [0.29, 0.717) is 0 Å². The van der Waals surface area contributed by atoms with E-state index in [1.54, 1.807) is 6.92 Å². The molecule has 1 heterocycles. The summed E-state index contributed by atoms with van der Waals surface area (Å²) < 4.78 is 0. The lowest BCUT2D eigenvalue weighted by molar-refractivity contribution is 0.0938. The van der Waals surface area contributed by atoms with E-state index in [1.165, 1.54) is 12.3 Å². The second-order valence-corrected chi connectivity index (χ2v) is 5.45. The average molecular weight is 284 g/mol. The van der Waals surface area contributed by atoms with E-state index < -0.39 is 0 Å². The van der Waals surface area contributed by atoms with Gasteiger partial charge in [-0.15, -0.1) is 0 Å². The van der Waals surface area contributed by atoms with Crippen LogP contribution in [0.1, 0.15) is 45.7 Å². The third-order valence-electron chi connectivity index (χ3n) is 3.55. The van der Waals surface area contributed by atoms with Gasteiger partial charge in [0.1, 0.15) is 5.56 Å². The maximum atomic E-state index is 12.2. The van der Waals surface area contributed by atoms with Crippen LogP contribution in [0.15, 0.2) is 35.3 Å². The summed E-state index contributed by atoms with van der Waals surface area (Å²) in [6.45, 7) is 7.72. The number of aromatic nitrogens is 1. The third-order valence-corrected chi connectivity index (χ3v) is 3.55. The van der Waals surface area contributed by atoms with Crippen LogP contribution in [0.25, 0.3) is 0 Å². The molecule has 0 aliphatic carbocycles. The largest absolute Gasteiger partial charge is 0.364 e. The highest BCUT2D eigenvalue weighted by Crippen LogP contribution is 2.19. The smallest absolute Gasteiger partial charge is 0.257 e. The lowest BCUT2D eigenvalue weighted by Crippen LogP contribution is -2.31. The SMILES string of the molecule is Cc1ccc(C)c(C(C)NC(=O)c2c[nH]c(C)cc2=O)c1. The van der Waals surface area contributed by atoms with Crippen molar-refractivity contribution in [2.24, 2.45) is 0 Å². The summed E-state index contributed by atoms with van der Waals surface area (Å²) >= 11 is 0. The first-order chi connectivity index (χ1) is 9.88. The molecule has 0 radical (unpaired) electrons. The number of hydrogen-bond acceptors (Lipinski definition) is 2. The number of benzene rings is 1. The molecule has 0 saturated heterocycles. The van der Waals surface area contributed by atoms with Crippen molar-refractivity contribution < 1.29 is 4.79 Å². The van der Waals surface area contributed by atoms with Crippen LogP contribution in [0.2, 0.25) is 0 Å². The predicted octanol–water partition coefficient (Wildman–Crippen LogP) is 2.79. The number of rotatable bonds is 3. The highest BCUT2D eigenvalue weighted by molar-refractivity contribution is 5.94. The third kappa shape index (κ3) is 3.40. The van der Waals surface area contributed by atoms with Crippen LogP contribution in [0.4, 0.5) is 0 Å². The molecule has 1 aromatic heterocycles. The van der Waals surface area contributed by atoms with Gasteiger partial charge in [0.05, 0.1) is 6.04 Å². The number of amides is 1. The Kier molecular flexibility index (Phi) is 4.26. The van der Waals surface area contributed by atoms with Gasteiger partial charge in [-0.05, 0) is 38.8 Å². The molecular formula is C17H20N2O2. The molecule has 0 saturated carbocycles. The lowest BCUT2D eigenvalue weighted by Gasteiger charge is -2.17. The Bertz CT molecular complexity index is 732. The zero-order chi connectivity index (χ0) is 15.6. The molecule has 1 atom stereocenters. The van der Waals surface area contributed by atoms with Crippen molar-refractivity contribution in [3.63, 3.8) is 0 Å². The van der Waals surface area contributed by atoms with Crippen LogP contribution in [-0.4, -0.2) is 10.9 Å². The summed E-state index contributed by atoms with van der Waals surface area (Å²) in [6, 6.07) is 7.40. The Morgan fingerprint density at radius 2 is 1.90 bits per heavy atom. The van der Waals surface area contributed by atoms with Crippen molar-refractivity contribution in [1.29, 1.82) is 0 Å². The van der Waals surface area contributed by atoms with Gasteiger partial charge in [0.15, 0.2) is 5.43 Å². The van der Waals surface area contributed by atoms with Crippen LogP contribution in [-0.2, 0) is 0 Å². The van der Waals surface area contributed by atoms with Gasteiger partial charge in [0.25, 0.3) is 5.91 Å². The van der Waals surface area contributed by atoms with Crippen molar-refractivity contribution in [2.45, 2.75) is 33.7 Å². The number of pyridine rings is 1. The standard InChI is InChI=1S/C17H20N2O2/c1-10-5-6-11(2)14(7-10)13(4)19-17(21)15-9-18-12(3)8-16(15)20/h5-9,13H,1-4H3,(H,18,20)(H,19,21). The van der Waals surface area contributed by atoms with Crippen molar-refractivity contribution in [3.8, 4) is 0 Å². The number of hydrogen-bond donors (Lipinski definition) is 2. The van der Waals surface area contributed by atoms with Crippen molar-refractivity contribution >= 4 is 5.91 Å². The molecule has 2 N–H and O–H groups in total. The van der Waals surface area contributed by atoms with Crippen LogP contribution < -0.4 is 10.7 Å². The summed E-state index contributed by atoms with van der Waals surface area (Å²) in [6.07, 6.45) is 1.46. The fraction of sp³-hybridized carbons (Fsp3) is 0.294. The quantitative estimate of drug-likeness (QED) is 0.910. The zero-order valence-electron chi connectivity index (χ0n) is 12.8. The minimum absolute atomic E-state index is 0.137. The highest BCUT2D eigenvalue weighted by Gasteiger charge is 2.15. The molecule has 1 aromatic carbocycles. The number of H-pyrrole nitrogens is 1. The first kappa shape index (κ1) is 15.0. The van der Waals surface area contributed by atoms with Gasteiger partial charge in [-0.3, -0.25) is 9.59 Å². The minimum Gasteiger partial charge on any atom is -0.364 e. The van der Waals surface area contributed by atoms with E-state index >= 15 is 0 Å². The van der Waals surface area contributed by atoms with Gasteiger partial charge in [-0.2, -0.15) is 0 Å². The summed E-state index contributed by atoms with van der Waals surface area (Å²) in [5.74, 6) is -0.357. The monoisotopic (exact) mass is 284 g/mol. The van der Waals surface area contributed by atoms with E-state index in [0.717, 1.165) is 22.4 Å². The van der Waals surface area contributed by atoms with E-state index in [9.17, 15) is 9.59 Å². The maximum Gasteiger partial charge on any atom is 0.257 e. The lowest BCUT2D eigenvalue weighted by atomic mass is 10.00. The fourth-order valence-corrected chi connectivity index (χ4v) is 2.33. The number of aromatic amines is 1. The van der Waals surface area contributed by atoms with Crippen LogP contribution >= 0.6 is 0 Å². The molecule has 21 heavy (non-hydrogen) atoms. The Balaban J connectivity index is 2.23. The van der Waals surface area contributed by atoms with Crippen molar-refractivity contribution in [2.75, 3.05) is 0 Å². The van der Waals surface area contributed by atoms with Crippen molar-refractivity contribution in [1.82, 2.24) is 10.3 Å². The second kappa shape index (κ2) is 5.95. The topological polar surface area (TPSA) is 62.0 Å². The molecule has 0 aliphatic heterocycles. The summed E-state index contributed by atoms with van der Waals surface area (Å²) in [5.41, 5.74) is 3.93. The van der Waals surface area contributed by atoms with Gasteiger partial charge in [-0.25, -0.2) is 0 Å². The molecule has 2 rings (SSSR count). The molecule has 2 aromatic rings. The molecule has 4 heteroatoms. The number of carbonyl (C=O) groups is 1. The molecule has 0 fully saturated rings. The van der Waals surface area contributed by atoms with Gasteiger partial charge in [0, 0.05) is 18.0 Å². The predicted molar refractivity (Wildman–Crippen MR) is 83.6 cm³/mol.